The molecule has 31 heavy (non-hydrogen) atoms. The van der Waals surface area contributed by atoms with Crippen molar-refractivity contribution in [1.82, 2.24) is 19.5 Å². The molecule has 0 saturated carbocycles. The third-order valence-corrected chi connectivity index (χ3v) is 6.53. The standard InChI is InChI=1S/C20H22FN5O4S/c21-11-2-1-3-13(6-11)31-8-14-16(27)17(28)20(30-14)26-10-24-15-18(22-9-23-19(15)26)25-12-4-5-29-7-12/h1-3,6,9-10,12,14,16-17,20,27-28H,4-5,7-8H2,(H,22,23,25)/t12-,14-,16-,17-,20?/m1/s1. The fraction of sp³-hybridized carbons (Fsp3) is 0.450. The van der Waals surface area contributed by atoms with Crippen LogP contribution in [-0.2, 0) is 9.47 Å². The quantitative estimate of drug-likeness (QED) is 0.485. The molecule has 0 bridgehead atoms. The molecule has 0 radical (unpaired) electrons. The molecule has 0 amide bonds. The van der Waals surface area contributed by atoms with Gasteiger partial charge < -0.3 is 25.0 Å². The largest absolute Gasteiger partial charge is 0.387 e. The summed E-state index contributed by atoms with van der Waals surface area (Å²) in [6, 6.07) is 6.36. The Labute approximate surface area is 181 Å². The molecule has 5 atom stereocenters. The predicted octanol–water partition coefficient (Wildman–Crippen LogP) is 1.58. The second-order valence-corrected chi connectivity index (χ2v) is 8.66. The van der Waals surface area contributed by atoms with E-state index in [1.165, 1.54) is 36.5 Å². The number of aliphatic hydroxyl groups is 2. The third kappa shape index (κ3) is 4.11. The van der Waals surface area contributed by atoms with Crippen molar-refractivity contribution in [2.75, 3.05) is 24.3 Å². The van der Waals surface area contributed by atoms with Crippen molar-refractivity contribution in [2.24, 2.45) is 0 Å². The zero-order valence-corrected chi connectivity index (χ0v) is 17.3. The number of hydrogen-bond donors (Lipinski definition) is 3. The van der Waals surface area contributed by atoms with E-state index < -0.39 is 24.5 Å². The highest BCUT2D eigenvalue weighted by molar-refractivity contribution is 7.99. The Morgan fingerprint density at radius 3 is 2.94 bits per heavy atom. The van der Waals surface area contributed by atoms with Gasteiger partial charge in [0.25, 0.3) is 0 Å². The number of nitrogens with zero attached hydrogens (tertiary/aromatic N) is 4. The number of anilines is 1. The first kappa shape index (κ1) is 20.6. The maximum absolute atomic E-state index is 13.4. The van der Waals surface area contributed by atoms with Crippen LogP contribution >= 0.6 is 11.8 Å². The first-order chi connectivity index (χ1) is 15.1. The molecule has 1 unspecified atom stereocenters. The Morgan fingerprint density at radius 2 is 2.13 bits per heavy atom. The topological polar surface area (TPSA) is 115 Å². The summed E-state index contributed by atoms with van der Waals surface area (Å²) < 4.78 is 26.4. The molecule has 9 nitrogen and oxygen atoms in total. The monoisotopic (exact) mass is 447 g/mol. The summed E-state index contributed by atoms with van der Waals surface area (Å²) in [4.78, 5) is 13.7. The molecule has 2 aliphatic heterocycles. The van der Waals surface area contributed by atoms with E-state index in [1.54, 1.807) is 16.7 Å². The van der Waals surface area contributed by atoms with Crippen molar-refractivity contribution in [3.8, 4) is 0 Å². The van der Waals surface area contributed by atoms with Crippen LogP contribution in [-0.4, -0.2) is 73.1 Å². The van der Waals surface area contributed by atoms with Gasteiger partial charge in [0.1, 0.15) is 24.4 Å². The van der Waals surface area contributed by atoms with Crippen molar-refractivity contribution >= 4 is 28.7 Å². The number of halogens is 1. The van der Waals surface area contributed by atoms with Crippen LogP contribution in [0, 0.1) is 5.82 Å². The van der Waals surface area contributed by atoms with Gasteiger partial charge in [0.2, 0.25) is 0 Å². The van der Waals surface area contributed by atoms with E-state index in [0.717, 1.165) is 11.3 Å². The third-order valence-electron chi connectivity index (χ3n) is 5.45. The van der Waals surface area contributed by atoms with E-state index in [1.807, 2.05) is 0 Å². The maximum atomic E-state index is 13.4. The molecule has 164 valence electrons. The molecular formula is C20H22FN5O4S. The minimum atomic E-state index is -1.16. The lowest BCUT2D eigenvalue weighted by atomic mass is 10.1. The molecule has 3 aromatic rings. The van der Waals surface area contributed by atoms with Crippen LogP contribution in [0.5, 0.6) is 0 Å². The number of benzene rings is 1. The Bertz CT molecular complexity index is 1060. The van der Waals surface area contributed by atoms with Crippen LogP contribution in [0.4, 0.5) is 10.2 Å². The lowest BCUT2D eigenvalue weighted by molar-refractivity contribution is -0.0289. The van der Waals surface area contributed by atoms with E-state index >= 15 is 0 Å². The molecule has 1 aromatic carbocycles. The molecule has 2 aliphatic rings. The average molecular weight is 447 g/mol. The minimum Gasteiger partial charge on any atom is -0.387 e. The smallest absolute Gasteiger partial charge is 0.167 e. The zero-order valence-electron chi connectivity index (χ0n) is 16.5. The van der Waals surface area contributed by atoms with Gasteiger partial charge in [-0.2, -0.15) is 0 Å². The maximum Gasteiger partial charge on any atom is 0.167 e. The lowest BCUT2D eigenvalue weighted by Crippen LogP contribution is -2.32. The molecular weight excluding hydrogens is 425 g/mol. The number of rotatable bonds is 6. The Hall–Kier alpha value is -2.31. The van der Waals surface area contributed by atoms with Gasteiger partial charge >= 0.3 is 0 Å². The summed E-state index contributed by atoms with van der Waals surface area (Å²) in [5, 5.41) is 24.5. The first-order valence-electron chi connectivity index (χ1n) is 10.0. The van der Waals surface area contributed by atoms with Gasteiger partial charge in [-0.25, -0.2) is 19.3 Å². The second-order valence-electron chi connectivity index (χ2n) is 7.57. The highest BCUT2D eigenvalue weighted by Crippen LogP contribution is 2.35. The average Bonchev–Trinajstić information content (AvgIpc) is 3.49. The van der Waals surface area contributed by atoms with Gasteiger partial charge in [-0.05, 0) is 24.6 Å². The number of aliphatic hydroxyl groups excluding tert-OH is 2. The second kappa shape index (κ2) is 8.67. The first-order valence-corrected chi connectivity index (χ1v) is 11.0. The number of aromatic nitrogens is 4. The molecule has 2 saturated heterocycles. The number of nitrogens with one attached hydrogen (secondary N) is 1. The molecule has 2 fully saturated rings. The Balaban J connectivity index is 1.33. The predicted molar refractivity (Wildman–Crippen MR) is 111 cm³/mol. The van der Waals surface area contributed by atoms with Crippen molar-refractivity contribution in [3.05, 3.63) is 42.7 Å². The fourth-order valence-corrected chi connectivity index (χ4v) is 4.82. The number of thioether (sulfide) groups is 1. The summed E-state index contributed by atoms with van der Waals surface area (Å²) in [6.45, 7) is 1.31. The number of hydrogen-bond acceptors (Lipinski definition) is 9. The van der Waals surface area contributed by atoms with E-state index in [0.29, 0.717) is 35.9 Å². The van der Waals surface area contributed by atoms with Gasteiger partial charge in [0.15, 0.2) is 23.2 Å². The van der Waals surface area contributed by atoms with Crippen molar-refractivity contribution < 1.29 is 24.1 Å². The van der Waals surface area contributed by atoms with Gasteiger partial charge in [-0.1, -0.05) is 6.07 Å². The van der Waals surface area contributed by atoms with Crippen molar-refractivity contribution in [1.29, 1.82) is 0 Å². The Morgan fingerprint density at radius 1 is 1.23 bits per heavy atom. The van der Waals surface area contributed by atoms with Gasteiger partial charge in [0, 0.05) is 17.3 Å². The van der Waals surface area contributed by atoms with Gasteiger partial charge in [-0.3, -0.25) is 4.57 Å². The molecule has 4 heterocycles. The van der Waals surface area contributed by atoms with Crippen LogP contribution in [0.3, 0.4) is 0 Å². The number of ether oxygens (including phenoxy) is 2. The highest BCUT2D eigenvalue weighted by atomic mass is 32.2. The molecule has 11 heteroatoms. The molecule has 0 aliphatic carbocycles. The summed E-state index contributed by atoms with van der Waals surface area (Å²) >= 11 is 1.35. The minimum absolute atomic E-state index is 0.155. The van der Waals surface area contributed by atoms with E-state index in [2.05, 4.69) is 20.3 Å². The molecule has 2 aromatic heterocycles. The van der Waals surface area contributed by atoms with E-state index in [9.17, 15) is 14.6 Å². The van der Waals surface area contributed by atoms with Crippen molar-refractivity contribution in [2.45, 2.75) is 41.9 Å². The Kier molecular flexibility index (Phi) is 5.76. The van der Waals surface area contributed by atoms with Crippen LogP contribution in [0.2, 0.25) is 0 Å². The zero-order chi connectivity index (χ0) is 21.4. The van der Waals surface area contributed by atoms with Crippen LogP contribution < -0.4 is 5.32 Å². The summed E-state index contributed by atoms with van der Waals surface area (Å²) in [5.74, 6) is 0.619. The summed E-state index contributed by atoms with van der Waals surface area (Å²) in [7, 11) is 0. The van der Waals surface area contributed by atoms with Gasteiger partial charge in [0.05, 0.1) is 25.1 Å². The molecule has 0 spiro atoms. The van der Waals surface area contributed by atoms with Crippen LogP contribution in [0.1, 0.15) is 12.6 Å². The normalized spacial score (nSPS) is 28.4. The number of imidazole rings is 1. The molecule has 5 rings (SSSR count). The summed E-state index contributed by atoms with van der Waals surface area (Å²) in [5.41, 5.74) is 1.04. The van der Waals surface area contributed by atoms with Crippen LogP contribution in [0.25, 0.3) is 11.2 Å². The molecule has 3 N–H and O–H groups in total. The van der Waals surface area contributed by atoms with E-state index in [4.69, 9.17) is 9.47 Å². The summed E-state index contributed by atoms with van der Waals surface area (Å²) in [6.07, 6.45) is 0.0831. The SMILES string of the molecule is O[C@@H]1[C@@H](CSc2cccc(F)c2)OC(n2cnc3c(N[C@@H]4CCOC4)ncnc32)[C@@H]1O. The number of fused-ring (bicyclic) bond motifs is 1. The van der Waals surface area contributed by atoms with Gasteiger partial charge in [-0.15, -0.1) is 11.8 Å². The lowest BCUT2D eigenvalue weighted by Gasteiger charge is -2.17. The van der Waals surface area contributed by atoms with E-state index in [-0.39, 0.29) is 11.9 Å². The fourth-order valence-electron chi connectivity index (χ4n) is 3.82. The highest BCUT2D eigenvalue weighted by Gasteiger charge is 2.44. The van der Waals surface area contributed by atoms with Crippen molar-refractivity contribution in [3.63, 3.8) is 0 Å². The van der Waals surface area contributed by atoms with Crippen LogP contribution in [0.15, 0.2) is 41.8 Å².